The van der Waals surface area contributed by atoms with Crippen LogP contribution in [0.4, 0.5) is 0 Å². The Morgan fingerprint density at radius 2 is 0.931 bits per heavy atom. The van der Waals surface area contributed by atoms with E-state index in [0.29, 0.717) is 13.1 Å². The van der Waals surface area contributed by atoms with Gasteiger partial charge in [-0.1, -0.05) is 78.9 Å². The van der Waals surface area contributed by atoms with E-state index in [1.54, 1.807) is 0 Å². The van der Waals surface area contributed by atoms with Crippen LogP contribution in [0.3, 0.4) is 0 Å². The summed E-state index contributed by atoms with van der Waals surface area (Å²) in [5, 5.41) is 14.8. The van der Waals surface area contributed by atoms with E-state index in [4.69, 9.17) is 19.8 Å². The summed E-state index contributed by atoms with van der Waals surface area (Å²) >= 11 is 0. The van der Waals surface area contributed by atoms with Gasteiger partial charge in [-0.2, -0.15) is 0 Å². The number of carboxylic acids is 2. The van der Waals surface area contributed by atoms with E-state index in [0.717, 1.165) is 16.7 Å². The molecule has 0 aliphatic carbocycles. The molecule has 0 fully saturated rings. The number of benzene rings is 3. The van der Waals surface area contributed by atoms with Gasteiger partial charge in [-0.25, -0.2) is 9.59 Å². The molecule has 3 aromatic rings. The summed E-state index contributed by atoms with van der Waals surface area (Å²) in [6.07, 6.45) is 0. The van der Waals surface area contributed by atoms with Gasteiger partial charge in [0.2, 0.25) is 0 Å². The summed E-state index contributed by atoms with van der Waals surface area (Å²) in [5.74, 6) is -3.59. The maximum Gasteiger partial charge on any atom is 0.414 e. The van der Waals surface area contributed by atoms with Crippen molar-refractivity contribution in [2.24, 2.45) is 0 Å². The lowest BCUT2D eigenvalue weighted by Gasteiger charge is -2.23. The Morgan fingerprint density at radius 1 is 0.586 bits per heavy atom. The van der Waals surface area contributed by atoms with E-state index in [-0.39, 0.29) is 5.91 Å². The predicted octanol–water partition coefficient (Wildman–Crippen LogP) is 3.68. The molecule has 2 N–H and O–H groups in total. The van der Waals surface area contributed by atoms with Crippen LogP contribution >= 0.6 is 0 Å². The third kappa shape index (κ3) is 7.30. The summed E-state index contributed by atoms with van der Waals surface area (Å²) in [6, 6.07) is 29.7. The summed E-state index contributed by atoms with van der Waals surface area (Å²) in [6.45, 7) is 1.20. The van der Waals surface area contributed by atoms with E-state index in [2.05, 4.69) is 24.3 Å². The summed E-state index contributed by atoms with van der Waals surface area (Å²) in [5.41, 5.74) is 2.99. The molecular formula is C23H21NO5. The molecule has 29 heavy (non-hydrogen) atoms. The van der Waals surface area contributed by atoms with Crippen molar-refractivity contribution >= 4 is 17.8 Å². The highest BCUT2D eigenvalue weighted by Crippen LogP contribution is 2.14. The first-order chi connectivity index (χ1) is 14.0. The maximum atomic E-state index is 12.9. The monoisotopic (exact) mass is 391 g/mol. The zero-order valence-electron chi connectivity index (χ0n) is 15.6. The Kier molecular flexibility index (Phi) is 8.13. The minimum Gasteiger partial charge on any atom is -0.473 e. The van der Waals surface area contributed by atoms with E-state index >= 15 is 0 Å². The number of hydrogen-bond acceptors (Lipinski definition) is 3. The Bertz CT molecular complexity index is 874. The third-order valence-electron chi connectivity index (χ3n) is 3.92. The molecule has 0 saturated carbocycles. The van der Waals surface area contributed by atoms with Crippen LogP contribution in [0, 0.1) is 0 Å². The van der Waals surface area contributed by atoms with Crippen molar-refractivity contribution in [2.75, 3.05) is 0 Å². The van der Waals surface area contributed by atoms with Crippen molar-refractivity contribution in [3.63, 3.8) is 0 Å². The maximum absolute atomic E-state index is 12.9. The number of carboxylic acid groups (broad SMARTS) is 2. The number of rotatable bonds is 5. The Balaban J connectivity index is 0.000000438. The second kappa shape index (κ2) is 11.0. The number of hydrogen-bond donors (Lipinski definition) is 2. The van der Waals surface area contributed by atoms with Crippen molar-refractivity contribution < 1.29 is 24.6 Å². The molecule has 0 saturated heterocycles. The van der Waals surface area contributed by atoms with Crippen molar-refractivity contribution in [3.05, 3.63) is 108 Å². The van der Waals surface area contributed by atoms with Gasteiger partial charge in [0.25, 0.3) is 5.91 Å². The SMILES string of the molecule is O=C(O)C(=O)O.O=C(c1ccccc1)N(Cc1ccccc1)Cc1ccccc1. The largest absolute Gasteiger partial charge is 0.473 e. The molecule has 0 radical (unpaired) electrons. The highest BCUT2D eigenvalue weighted by molar-refractivity contribution is 6.27. The number of aliphatic carboxylic acids is 2. The topological polar surface area (TPSA) is 94.9 Å². The lowest BCUT2D eigenvalue weighted by molar-refractivity contribution is -0.159. The van der Waals surface area contributed by atoms with Crippen molar-refractivity contribution in [1.29, 1.82) is 0 Å². The second-order valence-corrected chi connectivity index (χ2v) is 6.11. The first-order valence-electron chi connectivity index (χ1n) is 8.85. The summed E-state index contributed by atoms with van der Waals surface area (Å²) in [7, 11) is 0. The Hall–Kier alpha value is -3.93. The van der Waals surface area contributed by atoms with Crippen LogP contribution in [-0.2, 0) is 22.7 Å². The molecule has 0 aromatic heterocycles. The smallest absolute Gasteiger partial charge is 0.414 e. The molecule has 1 amide bonds. The van der Waals surface area contributed by atoms with Gasteiger partial charge in [-0.15, -0.1) is 0 Å². The first kappa shape index (κ1) is 21.4. The minimum atomic E-state index is -1.82. The van der Waals surface area contributed by atoms with Crippen molar-refractivity contribution in [3.8, 4) is 0 Å². The molecule has 3 rings (SSSR count). The molecule has 0 heterocycles. The van der Waals surface area contributed by atoms with E-state index in [1.165, 1.54) is 0 Å². The standard InChI is InChI=1S/C21H19NO.C2H2O4/c23-21(20-14-8-3-9-15-20)22(16-18-10-4-1-5-11-18)17-19-12-6-2-7-13-19;3-1(4)2(5)6/h1-15H,16-17H2;(H,3,4)(H,5,6). The Morgan fingerprint density at radius 3 is 1.28 bits per heavy atom. The first-order valence-corrected chi connectivity index (χ1v) is 8.85. The molecule has 3 aromatic carbocycles. The predicted molar refractivity (Wildman–Crippen MR) is 108 cm³/mol. The molecule has 0 unspecified atom stereocenters. The number of nitrogens with zero attached hydrogens (tertiary/aromatic N) is 1. The lowest BCUT2D eigenvalue weighted by Crippen LogP contribution is -2.30. The van der Waals surface area contributed by atoms with Crippen LogP contribution < -0.4 is 0 Å². The molecule has 148 valence electrons. The highest BCUT2D eigenvalue weighted by atomic mass is 16.4. The van der Waals surface area contributed by atoms with Crippen LogP contribution in [0.15, 0.2) is 91.0 Å². The quantitative estimate of drug-likeness (QED) is 0.647. The summed E-state index contributed by atoms with van der Waals surface area (Å²) in [4.78, 5) is 33.0. The van der Waals surface area contributed by atoms with Gasteiger partial charge in [0.05, 0.1) is 0 Å². The molecule has 0 aliphatic heterocycles. The average molecular weight is 391 g/mol. The van der Waals surface area contributed by atoms with Crippen LogP contribution in [0.5, 0.6) is 0 Å². The lowest BCUT2D eigenvalue weighted by atomic mass is 10.1. The fraction of sp³-hybridized carbons (Fsp3) is 0.0870. The molecule has 0 atom stereocenters. The average Bonchev–Trinajstić information content (AvgIpc) is 2.75. The molecule has 6 nitrogen and oxygen atoms in total. The van der Waals surface area contributed by atoms with Gasteiger partial charge in [0, 0.05) is 18.7 Å². The van der Waals surface area contributed by atoms with E-state index in [9.17, 15) is 4.79 Å². The number of carbonyl (C=O) groups is 3. The normalized spacial score (nSPS) is 9.66. The fourth-order valence-electron chi connectivity index (χ4n) is 2.57. The van der Waals surface area contributed by atoms with Gasteiger partial charge in [-0.3, -0.25) is 4.79 Å². The highest BCUT2D eigenvalue weighted by Gasteiger charge is 2.16. The van der Waals surface area contributed by atoms with Crippen LogP contribution in [0.2, 0.25) is 0 Å². The van der Waals surface area contributed by atoms with Crippen molar-refractivity contribution in [2.45, 2.75) is 13.1 Å². The number of carbonyl (C=O) groups excluding carboxylic acids is 1. The van der Waals surface area contributed by atoms with Gasteiger partial charge < -0.3 is 15.1 Å². The molecule has 0 aliphatic rings. The van der Waals surface area contributed by atoms with Gasteiger partial charge in [0.1, 0.15) is 0 Å². The zero-order valence-corrected chi connectivity index (χ0v) is 15.6. The van der Waals surface area contributed by atoms with E-state index < -0.39 is 11.9 Å². The third-order valence-corrected chi connectivity index (χ3v) is 3.92. The van der Waals surface area contributed by atoms with Gasteiger partial charge >= 0.3 is 11.9 Å². The molecule has 6 heteroatoms. The summed E-state index contributed by atoms with van der Waals surface area (Å²) < 4.78 is 0. The second-order valence-electron chi connectivity index (χ2n) is 6.11. The van der Waals surface area contributed by atoms with Crippen LogP contribution in [0.25, 0.3) is 0 Å². The zero-order chi connectivity index (χ0) is 21.1. The van der Waals surface area contributed by atoms with Gasteiger partial charge in [0.15, 0.2) is 0 Å². The van der Waals surface area contributed by atoms with E-state index in [1.807, 2.05) is 71.6 Å². The van der Waals surface area contributed by atoms with Crippen LogP contribution in [-0.4, -0.2) is 33.0 Å². The van der Waals surface area contributed by atoms with Crippen LogP contribution in [0.1, 0.15) is 21.5 Å². The molecular weight excluding hydrogens is 370 g/mol. The Labute approximate surface area is 168 Å². The van der Waals surface area contributed by atoms with Gasteiger partial charge in [-0.05, 0) is 23.3 Å². The fourth-order valence-corrected chi connectivity index (χ4v) is 2.57. The molecule has 0 bridgehead atoms. The minimum absolute atomic E-state index is 0.0540. The number of amides is 1. The molecule has 0 spiro atoms. The van der Waals surface area contributed by atoms with Crippen molar-refractivity contribution in [1.82, 2.24) is 4.90 Å².